The van der Waals surface area contributed by atoms with E-state index in [0.29, 0.717) is 12.3 Å². The zero-order valence-electron chi connectivity index (χ0n) is 11.1. The number of carboxylic acid groups (broad SMARTS) is 1. The summed E-state index contributed by atoms with van der Waals surface area (Å²) in [5.74, 6) is -2.38. The second-order valence-electron chi connectivity index (χ2n) is 4.30. The fourth-order valence-corrected chi connectivity index (χ4v) is 1.86. The van der Waals surface area contributed by atoms with Crippen molar-refractivity contribution in [3.8, 4) is 0 Å². The molecule has 0 spiro atoms. The van der Waals surface area contributed by atoms with E-state index in [1.807, 2.05) is 6.92 Å². The van der Waals surface area contributed by atoms with Crippen molar-refractivity contribution in [3.05, 3.63) is 0 Å². The quantitative estimate of drug-likeness (QED) is 0.500. The van der Waals surface area contributed by atoms with Gasteiger partial charge in [0.05, 0.1) is 6.61 Å². The Kier molecular flexibility index (Phi) is 8.46. The van der Waals surface area contributed by atoms with Crippen LogP contribution in [0.15, 0.2) is 0 Å². The smallest absolute Gasteiger partial charge is 0.320 e. The molecule has 2 unspecified atom stereocenters. The maximum Gasteiger partial charge on any atom is 0.320 e. The van der Waals surface area contributed by atoms with E-state index < -0.39 is 17.9 Å². The summed E-state index contributed by atoms with van der Waals surface area (Å²) < 4.78 is 4.80. The molecular formula is C13H24O4. The van der Waals surface area contributed by atoms with Crippen LogP contribution in [0.3, 0.4) is 0 Å². The van der Waals surface area contributed by atoms with Gasteiger partial charge in [0, 0.05) is 0 Å². The molecule has 0 bridgehead atoms. The van der Waals surface area contributed by atoms with E-state index in [2.05, 4.69) is 6.92 Å². The van der Waals surface area contributed by atoms with Crippen molar-refractivity contribution in [2.45, 2.75) is 52.9 Å². The largest absolute Gasteiger partial charge is 0.481 e. The third kappa shape index (κ3) is 6.29. The molecule has 0 aromatic carbocycles. The Hall–Kier alpha value is -1.06. The van der Waals surface area contributed by atoms with Crippen molar-refractivity contribution in [2.24, 2.45) is 11.8 Å². The molecule has 0 radical (unpaired) electrons. The average molecular weight is 244 g/mol. The van der Waals surface area contributed by atoms with Crippen LogP contribution >= 0.6 is 0 Å². The van der Waals surface area contributed by atoms with Crippen molar-refractivity contribution in [1.29, 1.82) is 0 Å². The summed E-state index contributed by atoms with van der Waals surface area (Å²) in [7, 11) is 0. The summed E-state index contributed by atoms with van der Waals surface area (Å²) in [5.41, 5.74) is 0. The molecule has 1 N–H and O–H groups in total. The first-order valence-electron chi connectivity index (χ1n) is 6.46. The van der Waals surface area contributed by atoms with Crippen molar-refractivity contribution >= 4 is 11.9 Å². The van der Waals surface area contributed by atoms with Crippen LogP contribution < -0.4 is 0 Å². The molecule has 0 amide bonds. The Bertz CT molecular complexity index is 238. The summed E-state index contributed by atoms with van der Waals surface area (Å²) in [6.07, 6.45) is 4.45. The first kappa shape index (κ1) is 15.9. The van der Waals surface area contributed by atoms with Crippen molar-refractivity contribution in [3.63, 3.8) is 0 Å². The van der Waals surface area contributed by atoms with E-state index in [1.165, 1.54) is 0 Å². The van der Waals surface area contributed by atoms with Gasteiger partial charge in [0.15, 0.2) is 5.92 Å². The number of carbonyl (C=O) groups is 2. The van der Waals surface area contributed by atoms with Crippen molar-refractivity contribution in [2.75, 3.05) is 6.61 Å². The van der Waals surface area contributed by atoms with Gasteiger partial charge < -0.3 is 9.84 Å². The van der Waals surface area contributed by atoms with Gasteiger partial charge in [-0.25, -0.2) is 0 Å². The average Bonchev–Trinajstić information content (AvgIpc) is 2.29. The number of hydrogen-bond acceptors (Lipinski definition) is 3. The van der Waals surface area contributed by atoms with Crippen LogP contribution in [0.5, 0.6) is 0 Å². The predicted octanol–water partition coefficient (Wildman–Crippen LogP) is 2.86. The molecule has 0 saturated heterocycles. The van der Waals surface area contributed by atoms with Crippen LogP contribution in [0.2, 0.25) is 0 Å². The number of rotatable bonds is 9. The van der Waals surface area contributed by atoms with Crippen LogP contribution in [-0.4, -0.2) is 23.7 Å². The number of carbonyl (C=O) groups excluding carboxylic acids is 1. The lowest BCUT2D eigenvalue weighted by molar-refractivity contribution is -0.159. The Morgan fingerprint density at radius 2 is 1.88 bits per heavy atom. The zero-order valence-corrected chi connectivity index (χ0v) is 11.1. The fourth-order valence-electron chi connectivity index (χ4n) is 1.86. The summed E-state index contributed by atoms with van der Waals surface area (Å²) >= 11 is 0. The number of hydrogen-bond donors (Lipinski definition) is 1. The van der Waals surface area contributed by atoms with Gasteiger partial charge in [-0.05, 0) is 19.3 Å². The highest BCUT2D eigenvalue weighted by Gasteiger charge is 2.29. The number of aliphatic carboxylic acids is 1. The van der Waals surface area contributed by atoms with Crippen molar-refractivity contribution in [1.82, 2.24) is 0 Å². The first-order chi connectivity index (χ1) is 8.06. The molecule has 0 aromatic rings. The normalized spacial score (nSPS) is 14.1. The van der Waals surface area contributed by atoms with Gasteiger partial charge in [0.25, 0.3) is 0 Å². The highest BCUT2D eigenvalue weighted by molar-refractivity contribution is 5.93. The molecule has 0 fully saturated rings. The Morgan fingerprint density at radius 3 is 2.29 bits per heavy atom. The molecule has 0 aliphatic rings. The number of ether oxygens (including phenoxy) is 1. The van der Waals surface area contributed by atoms with E-state index in [-0.39, 0.29) is 6.61 Å². The third-order valence-corrected chi connectivity index (χ3v) is 2.98. The summed E-state index contributed by atoms with van der Waals surface area (Å²) in [4.78, 5) is 22.5. The molecule has 0 heterocycles. The van der Waals surface area contributed by atoms with Crippen LogP contribution in [0.4, 0.5) is 0 Å². The molecule has 17 heavy (non-hydrogen) atoms. The van der Waals surface area contributed by atoms with Gasteiger partial charge in [-0.3, -0.25) is 9.59 Å². The fraction of sp³-hybridized carbons (Fsp3) is 0.846. The van der Waals surface area contributed by atoms with Crippen molar-refractivity contribution < 1.29 is 19.4 Å². The van der Waals surface area contributed by atoms with Gasteiger partial charge in [0.1, 0.15) is 0 Å². The van der Waals surface area contributed by atoms with E-state index in [1.54, 1.807) is 6.92 Å². The standard InChI is InChI=1S/C13H24O4/c1-4-7-8-10(5-2)9-11(12(14)15)13(16)17-6-3/h10-11H,4-9H2,1-3H3,(H,14,15). The Morgan fingerprint density at radius 1 is 1.24 bits per heavy atom. The van der Waals surface area contributed by atoms with Gasteiger partial charge in [-0.2, -0.15) is 0 Å². The third-order valence-electron chi connectivity index (χ3n) is 2.98. The number of esters is 1. The van der Waals surface area contributed by atoms with Crippen LogP contribution in [0.1, 0.15) is 52.9 Å². The lowest BCUT2D eigenvalue weighted by Crippen LogP contribution is -2.28. The molecular weight excluding hydrogens is 220 g/mol. The molecule has 100 valence electrons. The van der Waals surface area contributed by atoms with Crippen LogP contribution in [-0.2, 0) is 14.3 Å². The lowest BCUT2D eigenvalue weighted by Gasteiger charge is -2.18. The van der Waals surface area contributed by atoms with E-state index in [4.69, 9.17) is 9.84 Å². The second-order valence-corrected chi connectivity index (χ2v) is 4.30. The van der Waals surface area contributed by atoms with Crippen LogP contribution in [0, 0.1) is 11.8 Å². The molecule has 4 nitrogen and oxygen atoms in total. The maximum atomic E-state index is 11.5. The second kappa shape index (κ2) is 9.02. The summed E-state index contributed by atoms with van der Waals surface area (Å²) in [6.45, 7) is 6.05. The molecule has 0 aliphatic carbocycles. The summed E-state index contributed by atoms with van der Waals surface area (Å²) in [6, 6.07) is 0. The number of unbranched alkanes of at least 4 members (excludes halogenated alkanes) is 1. The van der Waals surface area contributed by atoms with Gasteiger partial charge in [-0.15, -0.1) is 0 Å². The van der Waals surface area contributed by atoms with Gasteiger partial charge in [0.2, 0.25) is 0 Å². The Balaban J connectivity index is 4.40. The predicted molar refractivity (Wildman–Crippen MR) is 65.7 cm³/mol. The molecule has 4 heteroatoms. The SMILES string of the molecule is CCCCC(CC)CC(C(=O)O)C(=O)OCC. The lowest BCUT2D eigenvalue weighted by atomic mass is 9.88. The monoisotopic (exact) mass is 244 g/mol. The minimum Gasteiger partial charge on any atom is -0.481 e. The molecule has 2 atom stereocenters. The summed E-state index contributed by atoms with van der Waals surface area (Å²) in [5, 5.41) is 9.04. The molecule has 0 aliphatic heterocycles. The first-order valence-corrected chi connectivity index (χ1v) is 6.46. The zero-order chi connectivity index (χ0) is 13.3. The minimum absolute atomic E-state index is 0.231. The minimum atomic E-state index is -1.07. The van der Waals surface area contributed by atoms with Gasteiger partial charge >= 0.3 is 11.9 Å². The van der Waals surface area contributed by atoms with E-state index in [9.17, 15) is 9.59 Å². The molecule has 0 aromatic heterocycles. The van der Waals surface area contributed by atoms with Gasteiger partial charge in [-0.1, -0.05) is 39.5 Å². The van der Waals surface area contributed by atoms with E-state index >= 15 is 0 Å². The van der Waals surface area contributed by atoms with Crippen LogP contribution in [0.25, 0.3) is 0 Å². The Labute approximate surface area is 103 Å². The highest BCUT2D eigenvalue weighted by Crippen LogP contribution is 2.22. The molecule has 0 rings (SSSR count). The molecule has 0 saturated carbocycles. The number of carboxylic acids is 1. The van der Waals surface area contributed by atoms with E-state index in [0.717, 1.165) is 25.7 Å². The topological polar surface area (TPSA) is 63.6 Å². The highest BCUT2D eigenvalue weighted by atomic mass is 16.5. The maximum absolute atomic E-state index is 11.5.